The van der Waals surface area contributed by atoms with Gasteiger partial charge in [0.1, 0.15) is 12.2 Å². The minimum absolute atomic E-state index is 0.187. The summed E-state index contributed by atoms with van der Waals surface area (Å²) in [7, 11) is 5.95. The first-order chi connectivity index (χ1) is 14.5. The lowest BCUT2D eigenvalue weighted by Crippen LogP contribution is -2.25. The van der Waals surface area contributed by atoms with Crippen molar-refractivity contribution in [1.82, 2.24) is 0 Å². The van der Waals surface area contributed by atoms with E-state index in [9.17, 15) is 9.59 Å². The minimum Gasteiger partial charge on any atom is -0.460 e. The first kappa shape index (κ1) is 31.7. The Morgan fingerprint density at radius 1 is 0.742 bits per heavy atom. The van der Waals surface area contributed by atoms with Crippen LogP contribution in [-0.4, -0.2) is 77.3 Å². The SMILES string of the molecule is COP(=S)(OC)SCCC(=O)OC(C)COCC(C)OC(=O)CCSP(=S)(OC)OC. The van der Waals surface area contributed by atoms with Crippen LogP contribution in [0.3, 0.4) is 0 Å². The van der Waals surface area contributed by atoms with E-state index < -0.39 is 23.6 Å². The van der Waals surface area contributed by atoms with Gasteiger partial charge >= 0.3 is 11.9 Å². The molecule has 0 aromatic heterocycles. The zero-order valence-corrected chi connectivity index (χ0v) is 23.7. The third-order valence-electron chi connectivity index (χ3n) is 3.38. The lowest BCUT2D eigenvalue weighted by Gasteiger charge is -2.18. The quantitative estimate of drug-likeness (QED) is 0.178. The molecule has 0 bridgehead atoms. The molecule has 0 radical (unpaired) electrons. The molecule has 0 aromatic carbocycles. The topological polar surface area (TPSA) is 98.8 Å². The lowest BCUT2D eigenvalue weighted by molar-refractivity contribution is -0.154. The van der Waals surface area contributed by atoms with Crippen LogP contribution in [0.2, 0.25) is 0 Å². The molecule has 184 valence electrons. The molecule has 9 nitrogen and oxygen atoms in total. The van der Waals surface area contributed by atoms with Crippen LogP contribution in [0.1, 0.15) is 26.7 Å². The smallest absolute Gasteiger partial charge is 0.306 e. The second-order valence-corrected chi connectivity index (χ2v) is 19.2. The first-order valence-corrected chi connectivity index (χ1v) is 17.7. The van der Waals surface area contributed by atoms with Crippen LogP contribution in [0.4, 0.5) is 0 Å². The number of carbonyl (C=O) groups is 2. The van der Waals surface area contributed by atoms with Crippen LogP contribution in [-0.2, 0) is 65.5 Å². The molecule has 0 spiro atoms. The van der Waals surface area contributed by atoms with E-state index in [-0.39, 0.29) is 38.0 Å². The molecule has 0 N–H and O–H groups in total. The Balaban J connectivity index is 3.98. The van der Waals surface area contributed by atoms with Gasteiger partial charge in [-0.15, -0.1) is 0 Å². The molecule has 0 aromatic rings. The number of carbonyl (C=O) groups excluding carboxylic acids is 2. The minimum atomic E-state index is -2.37. The molecule has 0 fully saturated rings. The molecule has 0 rings (SSSR count). The third kappa shape index (κ3) is 15.3. The van der Waals surface area contributed by atoms with Gasteiger partial charge in [-0.3, -0.25) is 9.59 Å². The number of rotatable bonds is 18. The Morgan fingerprint density at radius 2 is 1.06 bits per heavy atom. The van der Waals surface area contributed by atoms with E-state index in [2.05, 4.69) is 0 Å². The summed E-state index contributed by atoms with van der Waals surface area (Å²) in [5.41, 5.74) is -4.75. The van der Waals surface area contributed by atoms with Gasteiger partial charge in [0.15, 0.2) is 0 Å². The molecule has 0 aliphatic heterocycles. The zero-order chi connectivity index (χ0) is 23.9. The average Bonchev–Trinajstić information content (AvgIpc) is 2.73. The van der Waals surface area contributed by atoms with E-state index in [1.807, 2.05) is 0 Å². The summed E-state index contributed by atoms with van der Waals surface area (Å²) in [6, 6.07) is 0. The summed E-state index contributed by atoms with van der Waals surface area (Å²) in [6.07, 6.45) is -0.493. The van der Waals surface area contributed by atoms with Crippen LogP contribution in [0.25, 0.3) is 0 Å². The summed E-state index contributed by atoms with van der Waals surface area (Å²) in [4.78, 5) is 23.8. The van der Waals surface area contributed by atoms with Crippen LogP contribution in [0.5, 0.6) is 0 Å². The maximum absolute atomic E-state index is 11.9. The highest BCUT2D eigenvalue weighted by Gasteiger charge is 2.19. The summed E-state index contributed by atoms with van der Waals surface area (Å²) >= 11 is 13.0. The molecule has 31 heavy (non-hydrogen) atoms. The Hall–Kier alpha value is 0.740. The van der Waals surface area contributed by atoms with Crippen LogP contribution in [0.15, 0.2) is 0 Å². The van der Waals surface area contributed by atoms with Gasteiger partial charge in [-0.2, -0.15) is 0 Å². The number of ether oxygens (including phenoxy) is 3. The Bertz CT molecular complexity index is 570. The molecule has 0 saturated heterocycles. The Kier molecular flexibility index (Phi) is 17.6. The van der Waals surface area contributed by atoms with Gasteiger partial charge in [-0.05, 0) is 37.5 Å². The van der Waals surface area contributed by atoms with Crippen LogP contribution < -0.4 is 0 Å². The van der Waals surface area contributed by atoms with Gasteiger partial charge in [0, 0.05) is 39.9 Å². The molecule has 0 aliphatic rings. The molecule has 0 heterocycles. The van der Waals surface area contributed by atoms with E-state index in [0.717, 1.165) is 0 Å². The molecule has 0 aliphatic carbocycles. The van der Waals surface area contributed by atoms with Crippen molar-refractivity contribution in [3.8, 4) is 0 Å². The van der Waals surface area contributed by atoms with Crippen molar-refractivity contribution in [2.24, 2.45) is 0 Å². The normalized spacial score (nSPS) is 14.1. The van der Waals surface area contributed by atoms with Crippen molar-refractivity contribution >= 4 is 69.7 Å². The van der Waals surface area contributed by atoms with Gasteiger partial charge in [0.2, 0.25) is 11.4 Å². The van der Waals surface area contributed by atoms with Crippen molar-refractivity contribution < 1.29 is 41.9 Å². The van der Waals surface area contributed by atoms with E-state index in [0.29, 0.717) is 11.5 Å². The first-order valence-electron chi connectivity index (χ1n) is 9.21. The van der Waals surface area contributed by atoms with Crippen LogP contribution >= 0.6 is 34.2 Å². The third-order valence-corrected chi connectivity index (χ3v) is 15.0. The van der Waals surface area contributed by atoms with Gasteiger partial charge in [-0.1, -0.05) is 22.8 Å². The van der Waals surface area contributed by atoms with Gasteiger partial charge in [0.25, 0.3) is 0 Å². The molecule has 2 unspecified atom stereocenters. The largest absolute Gasteiger partial charge is 0.460 e. The second-order valence-electron chi connectivity index (χ2n) is 5.93. The van der Waals surface area contributed by atoms with Crippen LogP contribution in [0, 0.1) is 0 Å². The maximum atomic E-state index is 11.9. The molecule has 0 saturated carbocycles. The fraction of sp³-hybridized carbons (Fsp3) is 0.875. The fourth-order valence-corrected chi connectivity index (χ4v) is 8.05. The predicted octanol–water partition coefficient (Wildman–Crippen LogP) is 4.15. The fourth-order valence-electron chi connectivity index (χ4n) is 1.88. The van der Waals surface area contributed by atoms with Gasteiger partial charge in [0.05, 0.1) is 26.1 Å². The standard InChI is InChI=1S/C16H32O9P2S4/c1-13(24-15(17)7-9-30-26(28,19-3)20-4)11-23-12-14(2)25-16(18)8-10-31-27(29,21-5)22-6/h13-14H,7-12H2,1-6H3. The van der Waals surface area contributed by atoms with Gasteiger partial charge in [-0.25, -0.2) is 0 Å². The number of hydrogen-bond donors (Lipinski definition) is 0. The van der Waals surface area contributed by atoms with E-state index >= 15 is 0 Å². The summed E-state index contributed by atoms with van der Waals surface area (Å²) in [5, 5.41) is 0. The van der Waals surface area contributed by atoms with E-state index in [1.54, 1.807) is 13.8 Å². The van der Waals surface area contributed by atoms with Crippen molar-refractivity contribution in [1.29, 1.82) is 0 Å². The summed E-state index contributed by atoms with van der Waals surface area (Å²) < 4.78 is 36.6. The average molecular weight is 559 g/mol. The van der Waals surface area contributed by atoms with E-state index in [4.69, 9.17) is 55.9 Å². The summed E-state index contributed by atoms with van der Waals surface area (Å²) in [6.45, 7) is 3.83. The summed E-state index contributed by atoms with van der Waals surface area (Å²) in [5.74, 6) is 0.171. The second kappa shape index (κ2) is 17.2. The zero-order valence-electron chi connectivity index (χ0n) is 18.6. The highest BCUT2D eigenvalue weighted by atomic mass is 32.9. The number of esters is 2. The maximum Gasteiger partial charge on any atom is 0.306 e. The highest BCUT2D eigenvalue weighted by Crippen LogP contribution is 2.60. The molecule has 2 atom stereocenters. The molecule has 0 amide bonds. The Morgan fingerprint density at radius 3 is 1.35 bits per heavy atom. The van der Waals surface area contributed by atoms with Crippen molar-refractivity contribution in [3.05, 3.63) is 0 Å². The molecule has 15 heteroatoms. The van der Waals surface area contributed by atoms with Crippen molar-refractivity contribution in [2.75, 3.05) is 53.2 Å². The number of hydrogen-bond acceptors (Lipinski definition) is 13. The predicted molar refractivity (Wildman–Crippen MR) is 133 cm³/mol. The van der Waals surface area contributed by atoms with Gasteiger partial charge < -0.3 is 32.3 Å². The lowest BCUT2D eigenvalue weighted by atomic mass is 10.4. The van der Waals surface area contributed by atoms with Crippen molar-refractivity contribution in [3.63, 3.8) is 0 Å². The van der Waals surface area contributed by atoms with E-state index in [1.165, 1.54) is 51.2 Å². The highest BCUT2D eigenvalue weighted by molar-refractivity contribution is 8.68. The molecular formula is C16H32O9P2S4. The molecular weight excluding hydrogens is 526 g/mol. The Labute approximate surface area is 203 Å². The monoisotopic (exact) mass is 558 g/mol. The van der Waals surface area contributed by atoms with Crippen molar-refractivity contribution in [2.45, 2.75) is 38.9 Å².